The molecule has 2 heterocycles. The highest BCUT2D eigenvalue weighted by atomic mass is 16.6. The van der Waals surface area contributed by atoms with E-state index in [0.29, 0.717) is 24.0 Å². The number of methoxy groups -OCH3 is 1. The first kappa shape index (κ1) is 18.5. The van der Waals surface area contributed by atoms with Gasteiger partial charge in [0.05, 0.1) is 37.6 Å². The Labute approximate surface area is 156 Å². The predicted molar refractivity (Wildman–Crippen MR) is 96.5 cm³/mol. The van der Waals surface area contributed by atoms with Crippen molar-refractivity contribution in [1.82, 2.24) is 0 Å². The molecule has 2 saturated carbocycles. The van der Waals surface area contributed by atoms with Crippen LogP contribution in [-0.4, -0.2) is 49.2 Å². The number of carbonyl (C=O) groups is 1. The zero-order valence-corrected chi connectivity index (χ0v) is 16.4. The third-order valence-electron chi connectivity index (χ3n) is 7.99. The molecule has 1 spiro atoms. The van der Waals surface area contributed by atoms with Crippen molar-refractivity contribution < 1.29 is 24.1 Å². The van der Waals surface area contributed by atoms with Gasteiger partial charge in [-0.3, -0.25) is 0 Å². The van der Waals surface area contributed by atoms with Crippen molar-refractivity contribution in [3.8, 4) is 0 Å². The first-order chi connectivity index (χ1) is 12.2. The summed E-state index contributed by atoms with van der Waals surface area (Å²) in [7, 11) is 1.42. The number of hydrogen-bond acceptors (Lipinski definition) is 5. The van der Waals surface area contributed by atoms with Crippen molar-refractivity contribution in [2.75, 3.05) is 20.3 Å². The summed E-state index contributed by atoms with van der Waals surface area (Å²) in [6, 6.07) is 0. The molecule has 5 heteroatoms. The van der Waals surface area contributed by atoms with Crippen LogP contribution in [0, 0.1) is 22.7 Å². The SMILES string of the molecule is COC(=O)C(=CC[C@H]1[C@@]2(CC[C@H]3C(C)(C)[C@@H](O)CC[C@]31C)CO2)[C@@H]1CO1. The Kier molecular flexibility index (Phi) is 4.29. The van der Waals surface area contributed by atoms with E-state index in [1.54, 1.807) is 0 Å². The van der Waals surface area contributed by atoms with Crippen LogP contribution in [0.2, 0.25) is 0 Å². The second-order valence-corrected chi connectivity index (χ2v) is 9.59. The lowest BCUT2D eigenvalue weighted by molar-refractivity contribution is -0.153. The van der Waals surface area contributed by atoms with E-state index in [1.165, 1.54) is 7.11 Å². The lowest BCUT2D eigenvalue weighted by atomic mass is 9.45. The summed E-state index contributed by atoms with van der Waals surface area (Å²) in [5.74, 6) is 0.542. The molecule has 0 aromatic carbocycles. The molecule has 4 rings (SSSR count). The molecule has 6 atom stereocenters. The van der Waals surface area contributed by atoms with Gasteiger partial charge in [-0.15, -0.1) is 0 Å². The fraction of sp³-hybridized carbons (Fsp3) is 0.857. The third kappa shape index (κ3) is 2.74. The molecule has 2 aliphatic carbocycles. The highest BCUT2D eigenvalue weighted by Crippen LogP contribution is 2.66. The van der Waals surface area contributed by atoms with E-state index >= 15 is 0 Å². The largest absolute Gasteiger partial charge is 0.466 e. The minimum absolute atomic E-state index is 0.0360. The van der Waals surface area contributed by atoms with Gasteiger partial charge in [-0.05, 0) is 54.8 Å². The molecule has 0 amide bonds. The van der Waals surface area contributed by atoms with Crippen LogP contribution in [0.15, 0.2) is 11.6 Å². The van der Waals surface area contributed by atoms with E-state index in [1.807, 2.05) is 6.08 Å². The van der Waals surface area contributed by atoms with Crippen LogP contribution in [0.25, 0.3) is 0 Å². The van der Waals surface area contributed by atoms with E-state index in [4.69, 9.17) is 14.2 Å². The average molecular weight is 364 g/mol. The number of epoxide rings is 2. The third-order valence-corrected chi connectivity index (χ3v) is 7.99. The van der Waals surface area contributed by atoms with Crippen LogP contribution in [0.4, 0.5) is 0 Å². The van der Waals surface area contributed by atoms with E-state index < -0.39 is 0 Å². The van der Waals surface area contributed by atoms with Crippen molar-refractivity contribution in [3.63, 3.8) is 0 Å². The van der Waals surface area contributed by atoms with Crippen LogP contribution in [0.5, 0.6) is 0 Å². The maximum Gasteiger partial charge on any atom is 0.336 e. The molecule has 0 aromatic rings. The Morgan fingerprint density at radius 2 is 1.96 bits per heavy atom. The number of carbonyl (C=O) groups excluding carboxylic acids is 1. The molecule has 0 aromatic heterocycles. The van der Waals surface area contributed by atoms with Gasteiger partial charge in [-0.1, -0.05) is 26.8 Å². The van der Waals surface area contributed by atoms with Crippen LogP contribution < -0.4 is 0 Å². The number of rotatable bonds is 4. The standard InChI is InChI=1S/C21H32O5/c1-19(2)15-7-10-21(12-26-21)16(20(15,3)9-8-17(19)22)6-5-13(14-11-25-14)18(23)24-4/h5,14-17,22H,6-12H2,1-4H3/t14-,15-,16+,17-,20+,21+/m0/s1. The van der Waals surface area contributed by atoms with Gasteiger partial charge in [0.15, 0.2) is 0 Å². The van der Waals surface area contributed by atoms with Crippen LogP contribution >= 0.6 is 0 Å². The number of allylic oxidation sites excluding steroid dienone is 1. The average Bonchev–Trinajstić information content (AvgIpc) is 3.50. The Bertz CT molecular complexity index is 616. The first-order valence-corrected chi connectivity index (χ1v) is 9.96. The van der Waals surface area contributed by atoms with Gasteiger partial charge in [-0.25, -0.2) is 4.79 Å². The predicted octanol–water partition coefficient (Wildman–Crippen LogP) is 2.86. The van der Waals surface area contributed by atoms with Crippen molar-refractivity contribution in [3.05, 3.63) is 11.6 Å². The summed E-state index contributed by atoms with van der Waals surface area (Å²) in [5.41, 5.74) is 0.644. The van der Waals surface area contributed by atoms with Crippen molar-refractivity contribution in [2.24, 2.45) is 22.7 Å². The van der Waals surface area contributed by atoms with E-state index in [9.17, 15) is 9.90 Å². The molecule has 0 unspecified atom stereocenters. The van der Waals surface area contributed by atoms with Crippen molar-refractivity contribution in [1.29, 1.82) is 0 Å². The molecule has 26 heavy (non-hydrogen) atoms. The van der Waals surface area contributed by atoms with Gasteiger partial charge in [0.25, 0.3) is 0 Å². The maximum absolute atomic E-state index is 12.1. The zero-order valence-electron chi connectivity index (χ0n) is 16.4. The number of hydrogen-bond donors (Lipinski definition) is 1. The summed E-state index contributed by atoms with van der Waals surface area (Å²) < 4.78 is 16.3. The summed E-state index contributed by atoms with van der Waals surface area (Å²) in [6.07, 6.45) is 6.52. The van der Waals surface area contributed by atoms with E-state index in [0.717, 1.165) is 38.7 Å². The van der Waals surface area contributed by atoms with E-state index in [2.05, 4.69) is 20.8 Å². The Balaban J connectivity index is 1.63. The molecule has 146 valence electrons. The lowest BCUT2D eigenvalue weighted by Crippen LogP contribution is -2.58. The van der Waals surface area contributed by atoms with E-state index in [-0.39, 0.29) is 34.6 Å². The minimum Gasteiger partial charge on any atom is -0.466 e. The van der Waals surface area contributed by atoms with Gasteiger partial charge in [-0.2, -0.15) is 0 Å². The molecular formula is C21H32O5. The normalized spacial score (nSPS) is 46.6. The highest BCUT2D eigenvalue weighted by Gasteiger charge is 2.66. The van der Waals surface area contributed by atoms with Crippen LogP contribution in [0.3, 0.4) is 0 Å². The Morgan fingerprint density at radius 3 is 2.54 bits per heavy atom. The zero-order chi connectivity index (χ0) is 18.7. The quantitative estimate of drug-likeness (QED) is 0.472. The van der Waals surface area contributed by atoms with Crippen molar-refractivity contribution >= 4 is 5.97 Å². The molecule has 4 aliphatic rings. The molecule has 1 N–H and O–H groups in total. The number of esters is 1. The monoisotopic (exact) mass is 364 g/mol. The summed E-state index contributed by atoms with van der Waals surface area (Å²) in [5, 5.41) is 10.6. The number of fused-ring (bicyclic) bond motifs is 1. The number of ether oxygens (including phenoxy) is 3. The minimum atomic E-state index is -0.282. The molecule has 0 bridgehead atoms. The van der Waals surface area contributed by atoms with Crippen molar-refractivity contribution in [2.45, 2.75) is 70.7 Å². The van der Waals surface area contributed by atoms with Crippen LogP contribution in [-0.2, 0) is 19.0 Å². The molecular weight excluding hydrogens is 332 g/mol. The van der Waals surface area contributed by atoms with Gasteiger partial charge in [0, 0.05) is 0 Å². The maximum atomic E-state index is 12.1. The highest BCUT2D eigenvalue weighted by molar-refractivity contribution is 5.90. The smallest absolute Gasteiger partial charge is 0.336 e. The van der Waals surface area contributed by atoms with Gasteiger partial charge < -0.3 is 19.3 Å². The fourth-order valence-electron chi connectivity index (χ4n) is 6.22. The molecule has 2 saturated heterocycles. The number of aliphatic hydroxyl groups is 1. The Hall–Kier alpha value is -0.910. The summed E-state index contributed by atoms with van der Waals surface area (Å²) in [6.45, 7) is 8.25. The topological polar surface area (TPSA) is 71.6 Å². The summed E-state index contributed by atoms with van der Waals surface area (Å²) in [4.78, 5) is 12.1. The second kappa shape index (κ2) is 6.05. The van der Waals surface area contributed by atoms with Gasteiger partial charge >= 0.3 is 5.97 Å². The number of aliphatic hydroxyl groups excluding tert-OH is 1. The molecule has 5 nitrogen and oxygen atoms in total. The first-order valence-electron chi connectivity index (χ1n) is 9.96. The Morgan fingerprint density at radius 1 is 1.27 bits per heavy atom. The summed E-state index contributed by atoms with van der Waals surface area (Å²) >= 11 is 0. The van der Waals surface area contributed by atoms with Gasteiger partial charge in [0.1, 0.15) is 6.10 Å². The van der Waals surface area contributed by atoms with Gasteiger partial charge in [0.2, 0.25) is 0 Å². The van der Waals surface area contributed by atoms with Crippen LogP contribution in [0.1, 0.15) is 52.9 Å². The second-order valence-electron chi connectivity index (χ2n) is 9.59. The molecule has 0 radical (unpaired) electrons. The molecule has 4 fully saturated rings. The lowest BCUT2D eigenvalue weighted by Gasteiger charge is -2.60. The molecule has 2 aliphatic heterocycles. The fourth-order valence-corrected chi connectivity index (χ4v) is 6.22.